The second-order valence-corrected chi connectivity index (χ2v) is 7.30. The van der Waals surface area contributed by atoms with E-state index in [2.05, 4.69) is 15.9 Å². The molecule has 2 atom stereocenters. The monoisotopic (exact) mass is 344 g/mol. The van der Waals surface area contributed by atoms with E-state index in [-0.39, 0.29) is 5.82 Å². The quantitative estimate of drug-likeness (QED) is 0.810. The van der Waals surface area contributed by atoms with Crippen molar-refractivity contribution in [3.05, 3.63) is 64.9 Å². The number of benzene rings is 2. The molecule has 2 aliphatic rings. The Morgan fingerprint density at radius 1 is 0.958 bits per heavy atom. The predicted octanol–water partition coefficient (Wildman–Crippen LogP) is 4.40. The van der Waals surface area contributed by atoms with E-state index in [1.165, 1.54) is 12.0 Å². The van der Waals surface area contributed by atoms with Gasteiger partial charge in [0.05, 0.1) is 10.7 Å². The van der Waals surface area contributed by atoms with Crippen LogP contribution >= 0.6 is 11.6 Å². The number of hydrogen-bond acceptors (Lipinski definition) is 2. The summed E-state index contributed by atoms with van der Waals surface area (Å²) in [6, 6.07) is 15.1. The van der Waals surface area contributed by atoms with Crippen LogP contribution in [0.4, 0.5) is 10.1 Å². The Hall–Kier alpha value is -1.58. The molecule has 1 heterocycles. The van der Waals surface area contributed by atoms with Crippen molar-refractivity contribution < 1.29 is 4.39 Å². The minimum atomic E-state index is -0.147. The van der Waals surface area contributed by atoms with Crippen LogP contribution in [0.3, 0.4) is 0 Å². The fraction of sp³-hybridized carbons (Fsp3) is 0.400. The molecule has 1 aliphatic heterocycles. The molecule has 0 N–H and O–H groups in total. The zero-order valence-electron chi connectivity index (χ0n) is 13.7. The average Bonchev–Trinajstić information content (AvgIpc) is 3.36. The Morgan fingerprint density at radius 3 is 2.38 bits per heavy atom. The molecule has 126 valence electrons. The first-order valence-electron chi connectivity index (χ1n) is 8.68. The van der Waals surface area contributed by atoms with Gasteiger partial charge < -0.3 is 4.90 Å². The van der Waals surface area contributed by atoms with Crippen LogP contribution in [0, 0.1) is 11.7 Å². The molecule has 2 nitrogen and oxygen atoms in total. The van der Waals surface area contributed by atoms with E-state index in [4.69, 9.17) is 11.6 Å². The minimum Gasteiger partial charge on any atom is -0.368 e. The van der Waals surface area contributed by atoms with Crippen LogP contribution in [-0.4, -0.2) is 37.6 Å². The Bertz CT molecular complexity index is 695. The molecule has 0 radical (unpaired) electrons. The van der Waals surface area contributed by atoms with Crippen molar-refractivity contribution in [2.75, 3.05) is 37.6 Å². The van der Waals surface area contributed by atoms with Crippen LogP contribution in [-0.2, 0) is 0 Å². The third-order valence-electron chi connectivity index (χ3n) is 5.28. The number of rotatable bonds is 4. The highest BCUT2D eigenvalue weighted by Gasteiger charge is 2.39. The van der Waals surface area contributed by atoms with E-state index in [1.54, 1.807) is 12.1 Å². The molecule has 0 spiro atoms. The van der Waals surface area contributed by atoms with E-state index in [0.717, 1.165) is 49.4 Å². The summed E-state index contributed by atoms with van der Waals surface area (Å²) in [5.74, 6) is 1.20. The van der Waals surface area contributed by atoms with Crippen molar-refractivity contribution in [2.45, 2.75) is 12.3 Å². The van der Waals surface area contributed by atoms with Crippen LogP contribution in [0.25, 0.3) is 0 Å². The summed E-state index contributed by atoms with van der Waals surface area (Å²) in [4.78, 5) is 4.94. The lowest BCUT2D eigenvalue weighted by atomic mass is 10.1. The molecule has 1 saturated heterocycles. The molecule has 0 bridgehead atoms. The van der Waals surface area contributed by atoms with E-state index in [0.29, 0.717) is 5.92 Å². The van der Waals surface area contributed by atoms with E-state index >= 15 is 0 Å². The lowest BCUT2D eigenvalue weighted by Crippen LogP contribution is -2.47. The Morgan fingerprint density at radius 2 is 1.67 bits per heavy atom. The van der Waals surface area contributed by atoms with Crippen molar-refractivity contribution in [2.24, 2.45) is 5.92 Å². The summed E-state index contributed by atoms with van der Waals surface area (Å²) in [5.41, 5.74) is 2.44. The number of nitrogens with zero attached hydrogens (tertiary/aromatic N) is 2. The third-order valence-corrected chi connectivity index (χ3v) is 5.60. The molecule has 4 heteroatoms. The van der Waals surface area contributed by atoms with Gasteiger partial charge in [-0.25, -0.2) is 4.39 Å². The largest absolute Gasteiger partial charge is 0.368 e. The number of hydrogen-bond donors (Lipinski definition) is 0. The first-order valence-corrected chi connectivity index (χ1v) is 9.06. The summed E-state index contributed by atoms with van der Waals surface area (Å²) in [5, 5.41) is 0.838. The first kappa shape index (κ1) is 15.9. The lowest BCUT2D eigenvalue weighted by Gasteiger charge is -2.36. The fourth-order valence-corrected chi connectivity index (χ4v) is 4.03. The van der Waals surface area contributed by atoms with Gasteiger partial charge in [-0.05, 0) is 48.1 Å². The third kappa shape index (κ3) is 3.42. The standard InChI is InChI=1S/C20H22ClFN2/c21-19-3-1-2-4-20(19)24-11-9-23(10-12-24)14-16-13-18(16)15-5-7-17(22)8-6-15/h1-8,16,18H,9-14H2/t16-,18-/m1/s1. The van der Waals surface area contributed by atoms with Gasteiger partial charge in [0, 0.05) is 32.7 Å². The van der Waals surface area contributed by atoms with Crippen molar-refractivity contribution in [3.8, 4) is 0 Å². The molecular weight excluding hydrogens is 323 g/mol. The number of halogens is 2. The van der Waals surface area contributed by atoms with Crippen molar-refractivity contribution in [1.29, 1.82) is 0 Å². The van der Waals surface area contributed by atoms with Crippen molar-refractivity contribution in [3.63, 3.8) is 0 Å². The minimum absolute atomic E-state index is 0.147. The Balaban J connectivity index is 1.29. The zero-order valence-corrected chi connectivity index (χ0v) is 14.4. The van der Waals surface area contributed by atoms with Crippen molar-refractivity contribution >= 4 is 17.3 Å². The smallest absolute Gasteiger partial charge is 0.123 e. The number of piperazine rings is 1. The fourth-order valence-electron chi connectivity index (χ4n) is 3.78. The van der Waals surface area contributed by atoms with Gasteiger partial charge in [-0.3, -0.25) is 4.90 Å². The molecule has 24 heavy (non-hydrogen) atoms. The molecule has 2 fully saturated rings. The molecule has 2 aromatic rings. The number of anilines is 1. The Labute approximate surface area is 147 Å². The maximum Gasteiger partial charge on any atom is 0.123 e. The van der Waals surface area contributed by atoms with Gasteiger partial charge in [0.1, 0.15) is 5.82 Å². The second kappa shape index (κ2) is 6.73. The summed E-state index contributed by atoms with van der Waals surface area (Å²) < 4.78 is 13.0. The van der Waals surface area contributed by atoms with E-state index < -0.39 is 0 Å². The van der Waals surface area contributed by atoms with Gasteiger partial charge in [0.15, 0.2) is 0 Å². The molecule has 4 rings (SSSR count). The molecule has 0 aromatic heterocycles. The highest BCUT2D eigenvalue weighted by atomic mass is 35.5. The molecule has 1 aliphatic carbocycles. The van der Waals surface area contributed by atoms with E-state index in [1.807, 2.05) is 30.3 Å². The van der Waals surface area contributed by atoms with Gasteiger partial charge >= 0.3 is 0 Å². The lowest BCUT2D eigenvalue weighted by molar-refractivity contribution is 0.246. The van der Waals surface area contributed by atoms with Crippen LogP contribution in [0.1, 0.15) is 17.9 Å². The topological polar surface area (TPSA) is 6.48 Å². The van der Waals surface area contributed by atoms with Gasteiger partial charge in [0.2, 0.25) is 0 Å². The first-order chi connectivity index (χ1) is 11.7. The summed E-state index contributed by atoms with van der Waals surface area (Å²) in [6.45, 7) is 5.36. The normalized spacial score (nSPS) is 24.2. The molecular formula is C20H22ClFN2. The molecule has 2 aromatic carbocycles. The SMILES string of the molecule is Fc1ccc([C@H]2C[C@@H]2CN2CCN(c3ccccc3Cl)CC2)cc1. The second-order valence-electron chi connectivity index (χ2n) is 6.89. The van der Waals surface area contributed by atoms with Crippen LogP contribution in [0.5, 0.6) is 0 Å². The molecule has 0 unspecified atom stereocenters. The summed E-state index contributed by atoms with van der Waals surface area (Å²) in [7, 11) is 0. The molecule has 0 amide bonds. The van der Waals surface area contributed by atoms with Crippen LogP contribution in [0.15, 0.2) is 48.5 Å². The molecule has 1 saturated carbocycles. The highest BCUT2D eigenvalue weighted by Crippen LogP contribution is 2.47. The number of para-hydroxylation sites is 1. The van der Waals surface area contributed by atoms with Gasteiger partial charge in [-0.2, -0.15) is 0 Å². The summed E-state index contributed by atoms with van der Waals surface area (Å²) >= 11 is 6.30. The highest BCUT2D eigenvalue weighted by molar-refractivity contribution is 6.33. The maximum atomic E-state index is 13.0. The van der Waals surface area contributed by atoms with Gasteiger partial charge in [-0.15, -0.1) is 0 Å². The Kier molecular flexibility index (Phi) is 4.47. The van der Waals surface area contributed by atoms with E-state index in [9.17, 15) is 4.39 Å². The summed E-state index contributed by atoms with van der Waals surface area (Å²) in [6.07, 6.45) is 1.23. The average molecular weight is 345 g/mol. The van der Waals surface area contributed by atoms with Gasteiger partial charge in [-0.1, -0.05) is 35.9 Å². The maximum absolute atomic E-state index is 13.0. The zero-order chi connectivity index (χ0) is 16.5. The van der Waals surface area contributed by atoms with Crippen LogP contribution in [0.2, 0.25) is 5.02 Å². The van der Waals surface area contributed by atoms with Crippen LogP contribution < -0.4 is 4.90 Å². The predicted molar refractivity (Wildman–Crippen MR) is 97.4 cm³/mol. The van der Waals surface area contributed by atoms with Gasteiger partial charge in [0.25, 0.3) is 0 Å². The van der Waals surface area contributed by atoms with Crippen molar-refractivity contribution in [1.82, 2.24) is 4.90 Å².